The van der Waals surface area contributed by atoms with Crippen molar-refractivity contribution in [2.24, 2.45) is 0 Å². The molecule has 0 saturated heterocycles. The summed E-state index contributed by atoms with van der Waals surface area (Å²) < 4.78 is 19.5. The summed E-state index contributed by atoms with van der Waals surface area (Å²) in [4.78, 5) is 12.2. The van der Waals surface area contributed by atoms with Gasteiger partial charge in [0.1, 0.15) is 11.9 Å². The first-order valence-corrected chi connectivity index (χ1v) is 8.45. The first-order valence-electron chi connectivity index (χ1n) is 8.45. The van der Waals surface area contributed by atoms with E-state index in [4.69, 9.17) is 4.74 Å². The molecule has 0 aliphatic carbocycles. The molecule has 0 bridgehead atoms. The molecule has 0 amide bonds. The van der Waals surface area contributed by atoms with Gasteiger partial charge in [0.25, 0.3) is 5.56 Å². The summed E-state index contributed by atoms with van der Waals surface area (Å²) in [5.41, 5.74) is 3.35. The minimum Gasteiger partial charge on any atom is -0.365 e. The summed E-state index contributed by atoms with van der Waals surface area (Å²) in [6.45, 7) is 0. The van der Waals surface area contributed by atoms with Crippen LogP contribution in [0.1, 0.15) is 34.9 Å². The Balaban J connectivity index is 1.58. The van der Waals surface area contributed by atoms with E-state index >= 15 is 0 Å². The minimum absolute atomic E-state index is 0.00536. The van der Waals surface area contributed by atoms with E-state index in [2.05, 4.69) is 22.3 Å². The van der Waals surface area contributed by atoms with E-state index in [-0.39, 0.29) is 17.5 Å². The standard InChI is InChI=1S/C20H19FN2O2/c21-15-9-7-14(8-10-15)19-18-17(22-23-20(18)24)12-16(25-19)11-6-13-4-2-1-3-5-13/h1-5,7-10,16,19H,6,11-12H2,(H2,22,23,24)/t16-,19-/m1/s1. The van der Waals surface area contributed by atoms with Crippen LogP contribution in [0.5, 0.6) is 0 Å². The Morgan fingerprint density at radius 3 is 2.56 bits per heavy atom. The third kappa shape index (κ3) is 3.28. The van der Waals surface area contributed by atoms with E-state index in [9.17, 15) is 9.18 Å². The number of aryl methyl sites for hydroxylation is 1. The molecular formula is C20H19FN2O2. The zero-order valence-electron chi connectivity index (χ0n) is 13.7. The first kappa shape index (κ1) is 15.8. The lowest BCUT2D eigenvalue weighted by Gasteiger charge is -2.30. The van der Waals surface area contributed by atoms with Gasteiger partial charge in [0, 0.05) is 12.1 Å². The van der Waals surface area contributed by atoms with E-state index in [0.29, 0.717) is 12.0 Å². The highest BCUT2D eigenvalue weighted by Crippen LogP contribution is 2.33. The Hall–Kier alpha value is -2.66. The van der Waals surface area contributed by atoms with E-state index in [1.807, 2.05) is 18.2 Å². The molecule has 0 radical (unpaired) electrons. The molecule has 0 spiro atoms. The zero-order chi connectivity index (χ0) is 17.2. The van der Waals surface area contributed by atoms with Gasteiger partial charge in [-0.05, 0) is 36.1 Å². The van der Waals surface area contributed by atoms with Crippen LogP contribution in [0, 0.1) is 5.82 Å². The Morgan fingerprint density at radius 1 is 1.04 bits per heavy atom. The molecule has 0 unspecified atom stereocenters. The van der Waals surface area contributed by atoms with Crippen molar-refractivity contribution in [1.29, 1.82) is 0 Å². The molecule has 1 aromatic heterocycles. The fourth-order valence-corrected chi connectivity index (χ4v) is 3.40. The van der Waals surface area contributed by atoms with Crippen LogP contribution in [-0.2, 0) is 17.6 Å². The topological polar surface area (TPSA) is 57.9 Å². The van der Waals surface area contributed by atoms with Gasteiger partial charge in [0.15, 0.2) is 0 Å². The molecule has 2 aromatic carbocycles. The van der Waals surface area contributed by atoms with Crippen LogP contribution >= 0.6 is 0 Å². The van der Waals surface area contributed by atoms with Gasteiger partial charge in [-0.2, -0.15) is 0 Å². The molecule has 5 heteroatoms. The van der Waals surface area contributed by atoms with Gasteiger partial charge in [-0.1, -0.05) is 42.5 Å². The molecule has 1 aliphatic rings. The van der Waals surface area contributed by atoms with Crippen molar-refractivity contribution in [3.8, 4) is 0 Å². The van der Waals surface area contributed by atoms with Crippen LogP contribution in [0.15, 0.2) is 59.4 Å². The Kier molecular flexibility index (Phi) is 4.24. The fraction of sp³-hybridized carbons (Fsp3) is 0.250. The zero-order valence-corrected chi connectivity index (χ0v) is 13.7. The van der Waals surface area contributed by atoms with Crippen LogP contribution in [0.4, 0.5) is 4.39 Å². The van der Waals surface area contributed by atoms with Gasteiger partial charge < -0.3 is 9.84 Å². The number of hydrogen-bond donors (Lipinski definition) is 2. The number of aromatic nitrogens is 2. The molecule has 128 valence electrons. The van der Waals surface area contributed by atoms with Crippen molar-refractivity contribution in [1.82, 2.24) is 10.2 Å². The molecular weight excluding hydrogens is 319 g/mol. The Bertz CT molecular complexity index is 899. The first-order chi connectivity index (χ1) is 12.2. The van der Waals surface area contributed by atoms with Crippen LogP contribution < -0.4 is 5.56 Å². The largest absolute Gasteiger partial charge is 0.365 e. The summed E-state index contributed by atoms with van der Waals surface area (Å²) in [6, 6.07) is 16.4. The van der Waals surface area contributed by atoms with Crippen molar-refractivity contribution >= 4 is 0 Å². The quantitative estimate of drug-likeness (QED) is 0.765. The third-order valence-corrected chi connectivity index (χ3v) is 4.69. The Labute approximate surface area is 144 Å². The monoisotopic (exact) mass is 338 g/mol. The van der Waals surface area contributed by atoms with Crippen molar-refractivity contribution in [3.05, 3.63) is 93.2 Å². The van der Waals surface area contributed by atoms with Crippen molar-refractivity contribution < 1.29 is 9.13 Å². The van der Waals surface area contributed by atoms with E-state index in [1.165, 1.54) is 17.7 Å². The summed E-state index contributed by atoms with van der Waals surface area (Å²) >= 11 is 0. The summed E-state index contributed by atoms with van der Waals surface area (Å²) in [5.74, 6) is -0.302. The molecule has 2 N–H and O–H groups in total. The lowest BCUT2D eigenvalue weighted by Crippen LogP contribution is -2.29. The van der Waals surface area contributed by atoms with E-state index in [0.717, 1.165) is 24.1 Å². The van der Waals surface area contributed by atoms with Crippen molar-refractivity contribution in [3.63, 3.8) is 0 Å². The number of H-pyrrole nitrogens is 2. The molecule has 3 aromatic rings. The summed E-state index contributed by atoms with van der Waals surface area (Å²) in [7, 11) is 0. The fourth-order valence-electron chi connectivity index (χ4n) is 3.40. The molecule has 1 aliphatic heterocycles. The van der Waals surface area contributed by atoms with Gasteiger partial charge in [-0.25, -0.2) is 4.39 Å². The van der Waals surface area contributed by atoms with Crippen LogP contribution in [0.25, 0.3) is 0 Å². The highest BCUT2D eigenvalue weighted by atomic mass is 19.1. The number of benzene rings is 2. The number of ether oxygens (including phenoxy) is 1. The molecule has 25 heavy (non-hydrogen) atoms. The maximum Gasteiger partial charge on any atom is 0.270 e. The predicted molar refractivity (Wildman–Crippen MR) is 93.0 cm³/mol. The van der Waals surface area contributed by atoms with Gasteiger partial charge in [0.2, 0.25) is 0 Å². The number of nitrogens with one attached hydrogen (secondary N) is 2. The molecule has 0 saturated carbocycles. The second kappa shape index (κ2) is 6.69. The number of halogens is 1. The predicted octanol–water partition coefficient (Wildman–Crippen LogP) is 3.51. The molecule has 4 nitrogen and oxygen atoms in total. The van der Waals surface area contributed by atoms with Crippen LogP contribution in [0.3, 0.4) is 0 Å². The lowest BCUT2D eigenvalue weighted by atomic mass is 9.93. The number of hydrogen-bond acceptors (Lipinski definition) is 2. The molecule has 0 fully saturated rings. The maximum atomic E-state index is 13.2. The number of fused-ring (bicyclic) bond motifs is 1. The van der Waals surface area contributed by atoms with Gasteiger partial charge >= 0.3 is 0 Å². The lowest BCUT2D eigenvalue weighted by molar-refractivity contribution is -0.00909. The molecule has 2 heterocycles. The average molecular weight is 338 g/mol. The number of aromatic amines is 2. The SMILES string of the molecule is O=c1[nH][nH]c2c1[C@@H](c1ccc(F)cc1)O[C@H](CCc1ccccc1)C2. The second-order valence-corrected chi connectivity index (χ2v) is 6.39. The van der Waals surface area contributed by atoms with Gasteiger partial charge in [-0.3, -0.25) is 9.89 Å². The van der Waals surface area contributed by atoms with E-state index in [1.54, 1.807) is 12.1 Å². The third-order valence-electron chi connectivity index (χ3n) is 4.69. The summed E-state index contributed by atoms with van der Waals surface area (Å²) in [6.07, 6.45) is 1.95. The second-order valence-electron chi connectivity index (χ2n) is 6.39. The van der Waals surface area contributed by atoms with Gasteiger partial charge in [-0.15, -0.1) is 0 Å². The molecule has 2 atom stereocenters. The highest BCUT2D eigenvalue weighted by molar-refractivity contribution is 5.33. The smallest absolute Gasteiger partial charge is 0.270 e. The minimum atomic E-state index is -0.472. The maximum absolute atomic E-state index is 13.2. The van der Waals surface area contributed by atoms with Crippen LogP contribution in [0.2, 0.25) is 0 Å². The van der Waals surface area contributed by atoms with Crippen molar-refractivity contribution in [2.75, 3.05) is 0 Å². The Morgan fingerprint density at radius 2 is 1.80 bits per heavy atom. The normalized spacial score (nSPS) is 19.6. The van der Waals surface area contributed by atoms with Gasteiger partial charge in [0.05, 0.1) is 11.7 Å². The number of rotatable bonds is 4. The summed E-state index contributed by atoms with van der Waals surface area (Å²) in [5, 5.41) is 5.62. The van der Waals surface area contributed by atoms with Crippen molar-refractivity contribution in [2.45, 2.75) is 31.5 Å². The van der Waals surface area contributed by atoms with E-state index < -0.39 is 6.10 Å². The average Bonchev–Trinajstić information content (AvgIpc) is 3.02. The molecule has 4 rings (SSSR count). The highest BCUT2D eigenvalue weighted by Gasteiger charge is 2.32. The van der Waals surface area contributed by atoms with Crippen LogP contribution in [-0.4, -0.2) is 16.3 Å².